The van der Waals surface area contributed by atoms with Gasteiger partial charge >= 0.3 is 29.5 Å². The lowest BCUT2D eigenvalue weighted by Crippen LogP contribution is -2.65. The Hall–Kier alpha value is 0.175. The number of carbonyl (C=O) groups excluding carboxylic acids is 2. The van der Waals surface area contributed by atoms with Crippen molar-refractivity contribution in [3.63, 3.8) is 0 Å². The largest absolute Gasteiger partial charge is 0.512 e. The molecule has 46 heavy (non-hydrogen) atoms. The van der Waals surface area contributed by atoms with Gasteiger partial charge in [0.05, 0.1) is 0 Å². The van der Waals surface area contributed by atoms with E-state index in [1.54, 1.807) is 0 Å². The van der Waals surface area contributed by atoms with E-state index in [1.165, 1.54) is 0 Å². The highest BCUT2D eigenvalue weighted by Crippen LogP contribution is 2.35. The molecule has 2 atom stereocenters. The SMILES string of the molecule is CC(C)(C)CC(OC(=O)/C=C/C(=O)OC(CC(C)(C)C)[Si](O[SiH3])(O[Si](C)(C)C)O[Si](C)(C)C)[Si](O[SiH3])(O[Si](C)(C)C)O[Si](C)(C)C. The molecule has 0 fully saturated rings. The van der Waals surface area contributed by atoms with Crippen molar-refractivity contribution in [2.24, 2.45) is 10.8 Å². The lowest BCUT2D eigenvalue weighted by atomic mass is 9.93. The molecule has 0 heterocycles. The van der Waals surface area contributed by atoms with E-state index in [1.807, 2.05) is 0 Å². The highest BCUT2D eigenvalue weighted by atomic mass is 28.5. The first-order chi connectivity index (χ1) is 20.2. The van der Waals surface area contributed by atoms with Crippen molar-refractivity contribution in [2.45, 2.75) is 144 Å². The molecule has 18 heteroatoms. The van der Waals surface area contributed by atoms with E-state index in [-0.39, 0.29) is 10.8 Å². The first-order valence-electron chi connectivity index (χ1n) is 16.2. The van der Waals surface area contributed by atoms with Crippen molar-refractivity contribution in [3.05, 3.63) is 12.2 Å². The molecule has 0 aliphatic heterocycles. The second kappa shape index (κ2) is 16.9. The maximum absolute atomic E-state index is 13.4. The van der Waals surface area contributed by atoms with Crippen LogP contribution in [0.5, 0.6) is 0 Å². The Bertz CT molecular complexity index is 904. The van der Waals surface area contributed by atoms with Crippen LogP contribution in [0.15, 0.2) is 12.2 Å². The highest BCUT2D eigenvalue weighted by molar-refractivity contribution is 6.88. The smallest absolute Gasteiger partial charge is 0.455 e. The zero-order valence-electron chi connectivity index (χ0n) is 32.8. The molecule has 0 aliphatic rings. The minimum absolute atomic E-state index is 0.220. The molecule has 0 saturated heterocycles. The van der Waals surface area contributed by atoms with Gasteiger partial charge in [0.15, 0.2) is 44.7 Å². The van der Waals surface area contributed by atoms with Crippen LogP contribution < -0.4 is 0 Å². The summed E-state index contributed by atoms with van der Waals surface area (Å²) in [6.45, 7) is 37.4. The second-order valence-corrected chi connectivity index (χ2v) is 45.3. The molecule has 0 aromatic carbocycles. The summed E-state index contributed by atoms with van der Waals surface area (Å²) >= 11 is 0. The lowest BCUT2D eigenvalue weighted by molar-refractivity contribution is -0.145. The van der Waals surface area contributed by atoms with Gasteiger partial charge in [-0.3, -0.25) is 0 Å². The van der Waals surface area contributed by atoms with E-state index in [0.717, 1.165) is 12.2 Å². The van der Waals surface area contributed by atoms with Crippen LogP contribution in [-0.2, 0) is 43.8 Å². The topological polar surface area (TPSA) is 108 Å². The van der Waals surface area contributed by atoms with Crippen LogP contribution in [-0.4, -0.2) is 95.2 Å². The Balaban J connectivity index is 6.58. The predicted molar refractivity (Wildman–Crippen MR) is 208 cm³/mol. The fourth-order valence-corrected chi connectivity index (χ4v) is 30.1. The molecule has 0 aromatic heterocycles. The summed E-state index contributed by atoms with van der Waals surface area (Å²) in [6, 6.07) is 0. The van der Waals surface area contributed by atoms with Gasteiger partial charge in [0, 0.05) is 12.2 Å². The first-order valence-corrected chi connectivity index (χ1v) is 35.0. The lowest BCUT2D eigenvalue weighted by Gasteiger charge is -2.44. The zero-order chi connectivity index (χ0) is 36.8. The Morgan fingerprint density at radius 2 is 0.739 bits per heavy atom. The van der Waals surface area contributed by atoms with Crippen molar-refractivity contribution in [3.8, 4) is 0 Å². The first kappa shape index (κ1) is 46.2. The van der Waals surface area contributed by atoms with Crippen LogP contribution in [0, 0.1) is 10.8 Å². The average molecular weight is 790 g/mol. The summed E-state index contributed by atoms with van der Waals surface area (Å²) in [6.07, 6.45) is 3.18. The molecule has 0 aromatic rings. The van der Waals surface area contributed by atoms with Gasteiger partial charge < -0.3 is 34.2 Å². The third-order valence-corrected chi connectivity index (χ3v) is 26.7. The maximum Gasteiger partial charge on any atom is 0.512 e. The fourth-order valence-electron chi connectivity index (χ4n) is 4.53. The molecule has 272 valence electrons. The van der Waals surface area contributed by atoms with Gasteiger partial charge in [0.1, 0.15) is 21.0 Å². The van der Waals surface area contributed by atoms with Crippen molar-refractivity contribution in [1.82, 2.24) is 0 Å². The molecule has 0 spiro atoms. The molecule has 0 amide bonds. The molecule has 0 aliphatic carbocycles. The van der Waals surface area contributed by atoms with Gasteiger partial charge in [-0.05, 0) is 102 Å². The average Bonchev–Trinajstić information content (AvgIpc) is 2.75. The molecule has 2 unspecified atom stereocenters. The van der Waals surface area contributed by atoms with Crippen LogP contribution in [0.3, 0.4) is 0 Å². The minimum atomic E-state index is -3.47. The Kier molecular flexibility index (Phi) is 17.0. The van der Waals surface area contributed by atoms with Crippen LogP contribution in [0.1, 0.15) is 54.4 Å². The van der Waals surface area contributed by atoms with Crippen molar-refractivity contribution >= 4 is 83.8 Å². The van der Waals surface area contributed by atoms with E-state index < -0.39 is 74.3 Å². The summed E-state index contributed by atoms with van der Waals surface area (Å²) in [4.78, 5) is 26.8. The van der Waals surface area contributed by atoms with Gasteiger partial charge in [-0.25, -0.2) is 9.59 Å². The van der Waals surface area contributed by atoms with Gasteiger partial charge in [0.25, 0.3) is 0 Å². The molecule has 0 saturated carbocycles. The van der Waals surface area contributed by atoms with Gasteiger partial charge in [0.2, 0.25) is 0 Å². The Morgan fingerprint density at radius 3 is 0.891 bits per heavy atom. The minimum Gasteiger partial charge on any atom is -0.455 e. The molecule has 0 N–H and O–H groups in total. The quantitative estimate of drug-likeness (QED) is 0.105. The van der Waals surface area contributed by atoms with Crippen molar-refractivity contribution < 1.29 is 43.8 Å². The van der Waals surface area contributed by atoms with Crippen LogP contribution in [0.25, 0.3) is 0 Å². The van der Waals surface area contributed by atoms with Gasteiger partial charge in [-0.2, -0.15) is 0 Å². The van der Waals surface area contributed by atoms with E-state index in [0.29, 0.717) is 33.8 Å². The molecule has 0 bridgehead atoms. The number of rotatable bonds is 18. The summed E-state index contributed by atoms with van der Waals surface area (Å²) in [7, 11) is -15.0. The summed E-state index contributed by atoms with van der Waals surface area (Å²) in [5.74, 6) is -1.38. The van der Waals surface area contributed by atoms with E-state index in [2.05, 4.69) is 120 Å². The van der Waals surface area contributed by atoms with Crippen LogP contribution in [0.2, 0.25) is 78.6 Å². The monoisotopic (exact) mass is 788 g/mol. The highest BCUT2D eigenvalue weighted by Gasteiger charge is 2.57. The summed E-state index contributed by atoms with van der Waals surface area (Å²) in [5, 5.41) is 0. The third-order valence-electron chi connectivity index (χ3n) is 5.62. The van der Waals surface area contributed by atoms with Gasteiger partial charge in [-0.1, -0.05) is 41.5 Å². The number of esters is 2. The maximum atomic E-state index is 13.4. The van der Waals surface area contributed by atoms with Crippen LogP contribution >= 0.6 is 0 Å². The predicted octanol–water partition coefficient (Wildman–Crippen LogP) is 5.19. The molecular formula is C28H68O10Si8. The third kappa shape index (κ3) is 19.4. The van der Waals surface area contributed by atoms with Gasteiger partial charge in [-0.15, -0.1) is 0 Å². The molecule has 0 rings (SSSR count). The van der Waals surface area contributed by atoms with Crippen LogP contribution in [0.4, 0.5) is 0 Å². The summed E-state index contributed by atoms with van der Waals surface area (Å²) in [5.41, 5.74) is -1.91. The number of hydrogen-bond donors (Lipinski definition) is 0. The zero-order valence-corrected chi connectivity index (χ0v) is 42.8. The molecular weight excluding hydrogens is 721 g/mol. The summed E-state index contributed by atoms with van der Waals surface area (Å²) < 4.78 is 51.5. The van der Waals surface area contributed by atoms with E-state index in [4.69, 9.17) is 34.2 Å². The molecule has 0 radical (unpaired) electrons. The number of hydrogen-bond acceptors (Lipinski definition) is 10. The second-order valence-electron chi connectivity index (χ2n) is 18.2. The molecule has 10 nitrogen and oxygen atoms in total. The Labute approximate surface area is 293 Å². The normalized spacial score (nSPS) is 16.1. The van der Waals surface area contributed by atoms with E-state index >= 15 is 0 Å². The number of ether oxygens (including phenoxy) is 2. The standard InChI is InChI=1S/C28H68O10Si8/c1-27(2,3)21-25(45(33-39,35-41(7,8)9)36-42(10,11)12)31-23(29)19-20-24(30)32-26(22-28(4,5)6)46(34-40,37-43(13,14)15)38-44(16,17)18/h19-20,25-26H,21-22H2,1-18,39-40H3/b20-19+. The van der Waals surface area contributed by atoms with E-state index in [9.17, 15) is 9.59 Å². The van der Waals surface area contributed by atoms with Crippen molar-refractivity contribution in [1.29, 1.82) is 0 Å². The fraction of sp³-hybridized carbons (Fsp3) is 0.857. The Morgan fingerprint density at radius 1 is 0.522 bits per heavy atom. The van der Waals surface area contributed by atoms with Crippen molar-refractivity contribution in [2.75, 3.05) is 0 Å². The number of carbonyl (C=O) groups is 2.